The van der Waals surface area contributed by atoms with E-state index in [-0.39, 0.29) is 6.10 Å². The van der Waals surface area contributed by atoms with E-state index >= 15 is 0 Å². The highest BCUT2D eigenvalue weighted by Gasteiger charge is 2.31. The molecule has 4 radical (unpaired) electrons. The molecule has 0 aliphatic carbocycles. The average Bonchev–Trinajstić information content (AvgIpc) is 2.39. The number of nitrogens with zero attached hydrogens (tertiary/aromatic N) is 1. The zero-order valence-corrected chi connectivity index (χ0v) is 10.9. The zero-order chi connectivity index (χ0) is 13.2. The lowest BCUT2D eigenvalue weighted by Crippen LogP contribution is -2.56. The second-order valence-electron chi connectivity index (χ2n) is 4.51. The van der Waals surface area contributed by atoms with Crippen LogP contribution in [0.25, 0.3) is 0 Å². The van der Waals surface area contributed by atoms with Crippen molar-refractivity contribution in [3.8, 4) is 0 Å². The Morgan fingerprint density at radius 2 is 2.06 bits per heavy atom. The molecule has 92 valence electrons. The summed E-state index contributed by atoms with van der Waals surface area (Å²) in [5.41, 5.74) is 6.44. The normalized spacial score (nSPS) is 22.0. The Hall–Kier alpha value is -0.480. The van der Waals surface area contributed by atoms with Crippen molar-refractivity contribution < 1.29 is 4.74 Å². The van der Waals surface area contributed by atoms with Gasteiger partial charge in [-0.2, -0.15) is 0 Å². The van der Waals surface area contributed by atoms with Crippen LogP contribution in [0.5, 0.6) is 0 Å². The Kier molecular flexibility index (Phi) is 4.38. The molecule has 0 aromatic heterocycles. The zero-order valence-electron chi connectivity index (χ0n) is 10.2. The molecule has 0 amide bonds. The van der Waals surface area contributed by atoms with Gasteiger partial charge in [0.05, 0.1) is 28.4 Å². The van der Waals surface area contributed by atoms with E-state index in [1.165, 1.54) is 0 Å². The number of ether oxygens (including phenoxy) is 1. The minimum Gasteiger partial charge on any atom is -0.374 e. The van der Waals surface area contributed by atoms with Crippen molar-refractivity contribution >= 4 is 27.3 Å². The summed E-state index contributed by atoms with van der Waals surface area (Å²) >= 11 is 5.86. The second kappa shape index (κ2) is 5.66. The fourth-order valence-electron chi connectivity index (χ4n) is 2.10. The minimum atomic E-state index is -1.03. The Labute approximate surface area is 115 Å². The molecule has 1 aliphatic heterocycles. The third-order valence-electron chi connectivity index (χ3n) is 3.23. The number of benzene rings is 1. The van der Waals surface area contributed by atoms with Crippen molar-refractivity contribution in [2.45, 2.75) is 11.4 Å². The number of nitrogens with two attached hydrogens (primary N) is 1. The molecule has 1 aromatic carbocycles. The Morgan fingerprint density at radius 1 is 1.39 bits per heavy atom. The lowest BCUT2D eigenvalue weighted by atomic mass is 9.56. The van der Waals surface area contributed by atoms with E-state index in [0.29, 0.717) is 31.3 Å². The molecule has 0 saturated carbocycles. The molecule has 2 N–H and O–H groups in total. The van der Waals surface area contributed by atoms with Gasteiger partial charge < -0.3 is 15.4 Å². The summed E-state index contributed by atoms with van der Waals surface area (Å²) in [5, 5.41) is -0.363. The minimum absolute atomic E-state index is 0.0162. The average molecular weight is 260 g/mol. The van der Waals surface area contributed by atoms with Crippen molar-refractivity contribution in [3.63, 3.8) is 0 Å². The van der Waals surface area contributed by atoms with Gasteiger partial charge in [0, 0.05) is 24.7 Å². The van der Waals surface area contributed by atoms with Gasteiger partial charge >= 0.3 is 0 Å². The van der Waals surface area contributed by atoms with Crippen LogP contribution in [0, 0.1) is 0 Å². The smallest absolute Gasteiger partial charge is 0.0887 e. The van der Waals surface area contributed by atoms with E-state index < -0.39 is 5.34 Å². The van der Waals surface area contributed by atoms with Gasteiger partial charge in [0.1, 0.15) is 0 Å². The Morgan fingerprint density at radius 3 is 2.67 bits per heavy atom. The highest BCUT2D eigenvalue weighted by Crippen LogP contribution is 2.25. The number of halogens is 1. The van der Waals surface area contributed by atoms with Gasteiger partial charge in [-0.1, -0.05) is 23.7 Å². The fraction of sp³-hybridized carbons (Fsp3) is 0.500. The van der Waals surface area contributed by atoms with Crippen molar-refractivity contribution in [2.75, 3.05) is 26.2 Å². The SMILES string of the molecule is [B]C([B])(c1ccc(Cl)cc1)N1CCOC(CN)C1. The maximum absolute atomic E-state index is 6.24. The summed E-state index contributed by atoms with van der Waals surface area (Å²) in [6, 6.07) is 7.25. The summed E-state index contributed by atoms with van der Waals surface area (Å²) in [6.45, 7) is 2.37. The van der Waals surface area contributed by atoms with Gasteiger partial charge in [-0.25, -0.2) is 0 Å². The van der Waals surface area contributed by atoms with E-state index in [0.717, 1.165) is 5.56 Å². The monoisotopic (exact) mass is 260 g/mol. The molecule has 1 aliphatic rings. The topological polar surface area (TPSA) is 38.5 Å². The second-order valence-corrected chi connectivity index (χ2v) is 4.94. The molecule has 1 heterocycles. The van der Waals surface area contributed by atoms with Crippen LogP contribution in [0.3, 0.4) is 0 Å². The number of morpholine rings is 1. The summed E-state index contributed by atoms with van der Waals surface area (Å²) in [6.07, 6.45) is -0.0162. The fourth-order valence-corrected chi connectivity index (χ4v) is 2.22. The summed E-state index contributed by atoms with van der Waals surface area (Å²) in [5.74, 6) is 0. The van der Waals surface area contributed by atoms with Crippen LogP contribution in [0.15, 0.2) is 24.3 Å². The number of hydrogen-bond donors (Lipinski definition) is 1. The third-order valence-corrected chi connectivity index (χ3v) is 3.48. The van der Waals surface area contributed by atoms with Gasteiger partial charge in [-0.3, -0.25) is 0 Å². The largest absolute Gasteiger partial charge is 0.374 e. The standard InChI is InChI=1S/C12H15B2ClN2O/c13-12(14,9-1-3-10(15)4-2-9)17-5-6-18-11(7-16)8-17/h1-4,11H,5-8,16H2. The molecule has 0 bridgehead atoms. The van der Waals surface area contributed by atoms with Crippen LogP contribution in [0.1, 0.15) is 5.56 Å². The molecular formula is C12H15B2ClN2O. The molecule has 0 spiro atoms. The molecule has 6 heteroatoms. The molecule has 1 fully saturated rings. The first kappa shape index (κ1) is 13.9. The maximum Gasteiger partial charge on any atom is 0.0887 e. The van der Waals surface area contributed by atoms with Crippen LogP contribution in [0.4, 0.5) is 0 Å². The highest BCUT2D eigenvalue weighted by molar-refractivity contribution is 6.39. The van der Waals surface area contributed by atoms with E-state index in [4.69, 9.17) is 37.8 Å². The first-order valence-electron chi connectivity index (χ1n) is 5.94. The summed E-state index contributed by atoms with van der Waals surface area (Å²) < 4.78 is 5.51. The summed E-state index contributed by atoms with van der Waals surface area (Å²) in [7, 11) is 12.5. The Bertz CT molecular complexity index is 400. The van der Waals surface area contributed by atoms with Crippen molar-refractivity contribution in [1.29, 1.82) is 0 Å². The predicted molar refractivity (Wildman–Crippen MR) is 75.0 cm³/mol. The van der Waals surface area contributed by atoms with Gasteiger partial charge in [-0.05, 0) is 23.0 Å². The first-order chi connectivity index (χ1) is 8.54. The van der Waals surface area contributed by atoms with Crippen LogP contribution in [-0.2, 0) is 10.1 Å². The molecular weight excluding hydrogens is 245 g/mol. The van der Waals surface area contributed by atoms with Crippen molar-refractivity contribution in [3.05, 3.63) is 34.9 Å². The van der Waals surface area contributed by atoms with E-state index in [9.17, 15) is 0 Å². The molecule has 2 rings (SSSR count). The van der Waals surface area contributed by atoms with Gasteiger partial charge in [-0.15, -0.1) is 0 Å². The summed E-state index contributed by atoms with van der Waals surface area (Å²) in [4.78, 5) is 1.98. The molecule has 1 atom stereocenters. The van der Waals surface area contributed by atoms with Crippen molar-refractivity contribution in [2.24, 2.45) is 5.73 Å². The van der Waals surface area contributed by atoms with Crippen LogP contribution >= 0.6 is 11.6 Å². The highest BCUT2D eigenvalue weighted by atomic mass is 35.5. The lowest BCUT2D eigenvalue weighted by Gasteiger charge is -2.44. The first-order valence-corrected chi connectivity index (χ1v) is 6.32. The molecule has 3 nitrogen and oxygen atoms in total. The van der Waals surface area contributed by atoms with Gasteiger partial charge in [0.15, 0.2) is 0 Å². The van der Waals surface area contributed by atoms with Crippen molar-refractivity contribution in [1.82, 2.24) is 4.90 Å². The molecule has 1 saturated heterocycles. The number of hydrogen-bond acceptors (Lipinski definition) is 3. The quantitative estimate of drug-likeness (QED) is 0.802. The third kappa shape index (κ3) is 2.91. The van der Waals surface area contributed by atoms with Gasteiger partial charge in [0.25, 0.3) is 0 Å². The Balaban J connectivity index is 2.16. The van der Waals surface area contributed by atoms with Gasteiger partial charge in [0.2, 0.25) is 0 Å². The maximum atomic E-state index is 6.24. The van der Waals surface area contributed by atoms with E-state index in [2.05, 4.69) is 0 Å². The molecule has 1 aromatic rings. The molecule has 1 unspecified atom stereocenters. The predicted octanol–water partition coefficient (Wildman–Crippen LogP) is 0.447. The lowest BCUT2D eigenvalue weighted by molar-refractivity contribution is -0.0347. The van der Waals surface area contributed by atoms with E-state index in [1.807, 2.05) is 17.0 Å². The van der Waals surface area contributed by atoms with E-state index in [1.54, 1.807) is 12.1 Å². The number of rotatable bonds is 3. The van der Waals surface area contributed by atoms with Crippen LogP contribution in [-0.4, -0.2) is 52.9 Å². The molecule has 18 heavy (non-hydrogen) atoms. The van der Waals surface area contributed by atoms with Crippen LogP contribution < -0.4 is 5.73 Å². The van der Waals surface area contributed by atoms with Crippen LogP contribution in [0.2, 0.25) is 5.02 Å².